The molecule has 2 atom stereocenters. The number of nitrogens with one attached hydrogen (secondary N) is 1. The monoisotopic (exact) mass is 155 g/mol. The first kappa shape index (κ1) is 8.04. The quantitative estimate of drug-likeness (QED) is 0.582. The molecule has 1 rings (SSSR count). The van der Waals surface area contributed by atoms with Crippen LogP contribution in [0.5, 0.6) is 0 Å². The Bertz CT molecular complexity index is 200. The number of guanidine groups is 1. The van der Waals surface area contributed by atoms with E-state index >= 15 is 0 Å². The Morgan fingerprint density at radius 2 is 2.45 bits per heavy atom. The van der Waals surface area contributed by atoms with Crippen molar-refractivity contribution in [2.45, 2.75) is 26.3 Å². The molecule has 3 N–H and O–H groups in total. The van der Waals surface area contributed by atoms with Gasteiger partial charge in [-0.3, -0.25) is 10.1 Å². The molecule has 1 amide bonds. The molecule has 0 spiro atoms. The number of carbonyl (C=O) groups excluding carboxylic acids is 1. The molecule has 0 fully saturated rings. The van der Waals surface area contributed by atoms with E-state index in [0.29, 0.717) is 0 Å². The van der Waals surface area contributed by atoms with E-state index in [1.54, 1.807) is 0 Å². The van der Waals surface area contributed by atoms with Crippen LogP contribution in [0.3, 0.4) is 0 Å². The van der Waals surface area contributed by atoms with Crippen LogP contribution < -0.4 is 11.1 Å². The fraction of sp³-hybridized carbons (Fsp3) is 0.714. The zero-order chi connectivity index (χ0) is 8.43. The normalized spacial score (nSPS) is 26.2. The van der Waals surface area contributed by atoms with Crippen LogP contribution in [0.15, 0.2) is 4.99 Å². The van der Waals surface area contributed by atoms with E-state index in [1.165, 1.54) is 0 Å². The molecule has 0 unspecified atom stereocenters. The van der Waals surface area contributed by atoms with Gasteiger partial charge in [0.05, 0.1) is 0 Å². The van der Waals surface area contributed by atoms with Crippen molar-refractivity contribution >= 4 is 11.9 Å². The third-order valence-corrected chi connectivity index (χ3v) is 1.98. The lowest BCUT2D eigenvalue weighted by Crippen LogP contribution is -2.34. The Hall–Kier alpha value is -1.06. The molecule has 0 aromatic rings. The second-order valence-electron chi connectivity index (χ2n) is 2.83. The average molecular weight is 155 g/mol. The topological polar surface area (TPSA) is 67.5 Å². The van der Waals surface area contributed by atoms with Crippen LogP contribution in [-0.2, 0) is 4.79 Å². The highest BCUT2D eigenvalue weighted by atomic mass is 16.2. The maximum absolute atomic E-state index is 11.1. The molecule has 11 heavy (non-hydrogen) atoms. The summed E-state index contributed by atoms with van der Waals surface area (Å²) in [6, 6.07) is -0.264. The first-order chi connectivity index (χ1) is 5.15. The molecule has 1 heterocycles. The standard InChI is InChI=1S/C7H13N3O/c1-3-4(2)5-6(11)10-7(8)9-5/h4-5H,3H2,1-2H3,(H3,8,9,10,11)/t4-,5+/m0/s1. The van der Waals surface area contributed by atoms with Gasteiger partial charge in [-0.05, 0) is 5.92 Å². The largest absolute Gasteiger partial charge is 0.370 e. The molecule has 1 aliphatic heterocycles. The van der Waals surface area contributed by atoms with Crippen LogP contribution >= 0.6 is 0 Å². The molecule has 0 saturated carbocycles. The first-order valence-corrected chi connectivity index (χ1v) is 3.79. The second-order valence-corrected chi connectivity index (χ2v) is 2.83. The van der Waals surface area contributed by atoms with Gasteiger partial charge in [-0.2, -0.15) is 0 Å². The third-order valence-electron chi connectivity index (χ3n) is 1.98. The molecule has 1 aliphatic rings. The van der Waals surface area contributed by atoms with E-state index in [-0.39, 0.29) is 23.8 Å². The Balaban J connectivity index is 2.65. The van der Waals surface area contributed by atoms with Crippen molar-refractivity contribution in [2.24, 2.45) is 16.6 Å². The number of nitrogens with zero attached hydrogens (tertiary/aromatic N) is 1. The van der Waals surface area contributed by atoms with Gasteiger partial charge in [0.2, 0.25) is 0 Å². The predicted molar refractivity (Wildman–Crippen MR) is 43.0 cm³/mol. The van der Waals surface area contributed by atoms with Gasteiger partial charge in [0.25, 0.3) is 5.91 Å². The van der Waals surface area contributed by atoms with Crippen LogP contribution in [0, 0.1) is 5.92 Å². The Kier molecular flexibility index (Phi) is 2.12. The van der Waals surface area contributed by atoms with Crippen LogP contribution in [0.4, 0.5) is 0 Å². The summed E-state index contributed by atoms with van der Waals surface area (Å²) in [5, 5.41) is 2.47. The minimum Gasteiger partial charge on any atom is -0.370 e. The van der Waals surface area contributed by atoms with Gasteiger partial charge < -0.3 is 5.73 Å². The van der Waals surface area contributed by atoms with Gasteiger partial charge in [-0.1, -0.05) is 20.3 Å². The van der Waals surface area contributed by atoms with E-state index in [9.17, 15) is 4.79 Å². The predicted octanol–water partition coefficient (Wildman–Crippen LogP) is -0.154. The van der Waals surface area contributed by atoms with Gasteiger partial charge in [-0.25, -0.2) is 4.99 Å². The third kappa shape index (κ3) is 1.50. The van der Waals surface area contributed by atoms with Crippen molar-refractivity contribution in [3.63, 3.8) is 0 Å². The van der Waals surface area contributed by atoms with Crippen molar-refractivity contribution in [1.82, 2.24) is 5.32 Å². The molecule has 0 aromatic heterocycles. The van der Waals surface area contributed by atoms with E-state index in [2.05, 4.69) is 10.3 Å². The highest BCUT2D eigenvalue weighted by molar-refractivity contribution is 6.04. The SMILES string of the molecule is CC[C@H](C)[C@H]1N=C(N)NC1=O. The summed E-state index contributed by atoms with van der Waals surface area (Å²) in [4.78, 5) is 15.1. The summed E-state index contributed by atoms with van der Waals surface area (Å²) >= 11 is 0. The number of amides is 1. The number of carbonyl (C=O) groups is 1. The molecular formula is C7H13N3O. The van der Waals surface area contributed by atoms with E-state index in [4.69, 9.17) is 5.73 Å². The molecule has 0 aromatic carbocycles. The number of rotatable bonds is 2. The van der Waals surface area contributed by atoms with E-state index in [0.717, 1.165) is 6.42 Å². The zero-order valence-corrected chi connectivity index (χ0v) is 6.79. The molecule has 62 valence electrons. The first-order valence-electron chi connectivity index (χ1n) is 3.79. The summed E-state index contributed by atoms with van der Waals surface area (Å²) in [5.41, 5.74) is 5.33. The van der Waals surface area contributed by atoms with Crippen LogP contribution in [0.25, 0.3) is 0 Å². The van der Waals surface area contributed by atoms with Crippen molar-refractivity contribution in [1.29, 1.82) is 0 Å². The summed E-state index contributed by atoms with van der Waals surface area (Å²) in [7, 11) is 0. The average Bonchev–Trinajstić information content (AvgIpc) is 2.28. The fourth-order valence-corrected chi connectivity index (χ4v) is 1.05. The fourth-order valence-electron chi connectivity index (χ4n) is 1.05. The Morgan fingerprint density at radius 3 is 2.82 bits per heavy atom. The molecule has 0 bridgehead atoms. The summed E-state index contributed by atoms with van der Waals surface area (Å²) < 4.78 is 0. The lowest BCUT2D eigenvalue weighted by molar-refractivity contribution is -0.121. The van der Waals surface area contributed by atoms with E-state index < -0.39 is 0 Å². The number of aliphatic imine (C=N–C) groups is 1. The maximum Gasteiger partial charge on any atom is 0.251 e. The molecular weight excluding hydrogens is 142 g/mol. The minimum absolute atomic E-state index is 0.0724. The number of nitrogens with two attached hydrogens (primary N) is 1. The molecule has 4 nitrogen and oxygen atoms in total. The van der Waals surface area contributed by atoms with Crippen LogP contribution in [-0.4, -0.2) is 17.9 Å². The van der Waals surface area contributed by atoms with Gasteiger partial charge in [-0.15, -0.1) is 0 Å². The highest BCUT2D eigenvalue weighted by Crippen LogP contribution is 2.13. The summed E-state index contributed by atoms with van der Waals surface area (Å²) in [5.74, 6) is 0.452. The maximum atomic E-state index is 11.1. The zero-order valence-electron chi connectivity index (χ0n) is 6.79. The number of hydrogen-bond donors (Lipinski definition) is 2. The van der Waals surface area contributed by atoms with Gasteiger partial charge in [0.15, 0.2) is 5.96 Å². The molecule has 0 aliphatic carbocycles. The Labute approximate surface area is 65.9 Å². The van der Waals surface area contributed by atoms with Crippen molar-refractivity contribution in [2.75, 3.05) is 0 Å². The van der Waals surface area contributed by atoms with Crippen LogP contribution in [0.2, 0.25) is 0 Å². The minimum atomic E-state index is -0.264. The van der Waals surface area contributed by atoms with Crippen molar-refractivity contribution in [3.8, 4) is 0 Å². The molecule has 4 heteroatoms. The molecule has 0 saturated heterocycles. The van der Waals surface area contributed by atoms with Gasteiger partial charge >= 0.3 is 0 Å². The van der Waals surface area contributed by atoms with Gasteiger partial charge in [0, 0.05) is 0 Å². The van der Waals surface area contributed by atoms with Crippen molar-refractivity contribution < 1.29 is 4.79 Å². The lowest BCUT2D eigenvalue weighted by atomic mass is 10.00. The summed E-state index contributed by atoms with van der Waals surface area (Å²) in [6.07, 6.45) is 0.939. The smallest absolute Gasteiger partial charge is 0.251 e. The lowest BCUT2D eigenvalue weighted by Gasteiger charge is -2.10. The van der Waals surface area contributed by atoms with Crippen molar-refractivity contribution in [3.05, 3.63) is 0 Å². The van der Waals surface area contributed by atoms with Crippen LogP contribution in [0.1, 0.15) is 20.3 Å². The van der Waals surface area contributed by atoms with E-state index in [1.807, 2.05) is 13.8 Å². The summed E-state index contributed by atoms with van der Waals surface area (Å²) in [6.45, 7) is 4.02. The number of hydrogen-bond acceptors (Lipinski definition) is 3. The second kappa shape index (κ2) is 2.90. The Morgan fingerprint density at radius 1 is 1.82 bits per heavy atom. The molecule has 0 radical (unpaired) electrons. The van der Waals surface area contributed by atoms with Gasteiger partial charge in [0.1, 0.15) is 6.04 Å². The highest BCUT2D eigenvalue weighted by Gasteiger charge is 2.28.